The van der Waals surface area contributed by atoms with Crippen molar-refractivity contribution in [3.8, 4) is 6.07 Å². The van der Waals surface area contributed by atoms with Gasteiger partial charge in [-0.3, -0.25) is 14.5 Å². The van der Waals surface area contributed by atoms with Crippen LogP contribution in [-0.4, -0.2) is 71.0 Å². The number of anilines is 1. The molecule has 3 heterocycles. The number of halogens is 2. The summed E-state index contributed by atoms with van der Waals surface area (Å²) < 4.78 is 24.7. The highest BCUT2D eigenvalue weighted by Crippen LogP contribution is 2.30. The number of aromatic nitrogens is 3. The van der Waals surface area contributed by atoms with Gasteiger partial charge in [0.05, 0.1) is 12.2 Å². The number of hydrogen-bond donors (Lipinski definition) is 2. The zero-order chi connectivity index (χ0) is 24.2. The molecule has 1 aliphatic carbocycles. The van der Waals surface area contributed by atoms with Gasteiger partial charge in [0.15, 0.2) is 5.69 Å². The number of rotatable bonds is 6. The van der Waals surface area contributed by atoms with Gasteiger partial charge in [-0.2, -0.15) is 5.26 Å². The van der Waals surface area contributed by atoms with Crippen molar-refractivity contribution in [1.82, 2.24) is 25.2 Å². The van der Waals surface area contributed by atoms with Gasteiger partial charge in [-0.05, 0) is 37.5 Å². The van der Waals surface area contributed by atoms with Crippen LogP contribution in [0.2, 0.25) is 0 Å². The van der Waals surface area contributed by atoms with Gasteiger partial charge in [0.1, 0.15) is 17.6 Å². The maximum Gasteiger partial charge on any atom is 0.270 e. The number of piperazine rings is 1. The lowest BCUT2D eigenvalue weighted by atomic mass is 10.1. The molecule has 34 heavy (non-hydrogen) atoms. The highest BCUT2D eigenvalue weighted by atomic mass is 19.3. The van der Waals surface area contributed by atoms with Crippen molar-refractivity contribution >= 4 is 17.2 Å². The van der Waals surface area contributed by atoms with Crippen molar-refractivity contribution in [2.45, 2.75) is 32.2 Å². The van der Waals surface area contributed by atoms with E-state index in [9.17, 15) is 23.6 Å². The van der Waals surface area contributed by atoms with Gasteiger partial charge < -0.3 is 15.2 Å². The number of nitrogens with one attached hydrogen (secondary N) is 2. The molecule has 1 atom stereocenters. The molecule has 0 radical (unpaired) electrons. The van der Waals surface area contributed by atoms with E-state index in [2.05, 4.69) is 31.2 Å². The van der Waals surface area contributed by atoms with Crippen molar-refractivity contribution < 1.29 is 13.6 Å². The van der Waals surface area contributed by atoms with Gasteiger partial charge in [-0.15, -0.1) is 0 Å². The van der Waals surface area contributed by atoms with Crippen LogP contribution >= 0.6 is 0 Å². The summed E-state index contributed by atoms with van der Waals surface area (Å²) in [4.78, 5) is 39.6. The van der Waals surface area contributed by atoms with Gasteiger partial charge in [-0.25, -0.2) is 18.7 Å². The molecule has 1 fully saturated rings. The molecule has 1 amide bonds. The van der Waals surface area contributed by atoms with Crippen LogP contribution in [-0.2, 0) is 0 Å². The second kappa shape index (κ2) is 10.1. The van der Waals surface area contributed by atoms with Crippen LogP contribution in [0.3, 0.4) is 0 Å². The minimum Gasteiger partial charge on any atom is -0.367 e. The first-order valence-corrected chi connectivity index (χ1v) is 11.1. The molecule has 2 aromatic heterocycles. The topological polar surface area (TPSA) is 118 Å². The largest absolute Gasteiger partial charge is 0.367 e. The van der Waals surface area contributed by atoms with E-state index in [0.29, 0.717) is 30.2 Å². The minimum atomic E-state index is -2.66. The summed E-state index contributed by atoms with van der Waals surface area (Å²) >= 11 is 0. The number of carbonyl (C=O) groups excluding carboxylic acids is 1. The van der Waals surface area contributed by atoms with Gasteiger partial charge in [0.2, 0.25) is 0 Å². The average Bonchev–Trinajstić information content (AvgIpc) is 3.34. The third kappa shape index (κ3) is 5.12. The number of alkyl halides is 2. The molecule has 0 bridgehead atoms. The molecule has 1 saturated heterocycles. The smallest absolute Gasteiger partial charge is 0.270 e. The number of nitrogens with zero attached hydrogens (tertiary/aromatic N) is 5. The van der Waals surface area contributed by atoms with Crippen LogP contribution < -0.4 is 15.8 Å². The Morgan fingerprint density at radius 3 is 2.76 bits per heavy atom. The monoisotopic (exact) mass is 469 g/mol. The van der Waals surface area contributed by atoms with E-state index >= 15 is 0 Å². The molecule has 0 spiro atoms. The number of allylic oxidation sites excluding steroid dienone is 1. The lowest BCUT2D eigenvalue weighted by molar-refractivity contribution is 0.0887. The van der Waals surface area contributed by atoms with Crippen LogP contribution in [0.1, 0.15) is 40.4 Å². The van der Waals surface area contributed by atoms with Crippen molar-refractivity contribution in [3.05, 3.63) is 57.5 Å². The number of carbonyl (C=O) groups is 1. The highest BCUT2D eigenvalue weighted by Gasteiger charge is 2.28. The molecule has 11 heteroatoms. The molecule has 1 aliphatic heterocycles. The minimum absolute atomic E-state index is 0.0639. The van der Waals surface area contributed by atoms with E-state index in [4.69, 9.17) is 0 Å². The predicted octanol–water partition coefficient (Wildman–Crippen LogP) is 1.71. The average molecular weight is 469 g/mol. The lowest BCUT2D eigenvalue weighted by Gasteiger charge is -2.38. The maximum atomic E-state index is 12.3. The van der Waals surface area contributed by atoms with E-state index in [1.165, 1.54) is 6.07 Å². The second-order valence-electron chi connectivity index (χ2n) is 8.34. The fraction of sp³-hybridized carbons (Fsp3) is 0.435. The molecule has 4 rings (SSSR count). The van der Waals surface area contributed by atoms with Gasteiger partial charge in [-0.1, -0.05) is 6.08 Å². The Kier molecular flexibility index (Phi) is 6.98. The van der Waals surface area contributed by atoms with Crippen molar-refractivity contribution in [1.29, 1.82) is 5.26 Å². The van der Waals surface area contributed by atoms with E-state index in [0.717, 1.165) is 31.5 Å². The van der Waals surface area contributed by atoms with Crippen molar-refractivity contribution in [3.63, 3.8) is 0 Å². The van der Waals surface area contributed by atoms with Crippen LogP contribution in [0.5, 0.6) is 0 Å². The van der Waals surface area contributed by atoms with Crippen molar-refractivity contribution in [2.24, 2.45) is 0 Å². The Labute approximate surface area is 195 Å². The fourth-order valence-corrected chi connectivity index (χ4v) is 4.28. The third-order valence-corrected chi connectivity index (χ3v) is 6.14. The first-order valence-electron chi connectivity index (χ1n) is 11.1. The molecule has 9 nitrogen and oxygen atoms in total. The number of aromatic amines is 1. The quantitative estimate of drug-likeness (QED) is 0.661. The van der Waals surface area contributed by atoms with Crippen LogP contribution in [0.25, 0.3) is 5.57 Å². The summed E-state index contributed by atoms with van der Waals surface area (Å²) in [6.07, 6.45) is 2.89. The van der Waals surface area contributed by atoms with Gasteiger partial charge >= 0.3 is 0 Å². The lowest BCUT2D eigenvalue weighted by Crippen LogP contribution is -2.49. The zero-order valence-corrected chi connectivity index (χ0v) is 18.7. The Morgan fingerprint density at radius 2 is 2.09 bits per heavy atom. The normalized spacial score (nSPS) is 18.6. The van der Waals surface area contributed by atoms with E-state index in [1.54, 1.807) is 19.2 Å². The Balaban J connectivity index is 1.39. The Hall–Kier alpha value is -3.65. The van der Waals surface area contributed by atoms with E-state index in [-0.39, 0.29) is 23.0 Å². The summed E-state index contributed by atoms with van der Waals surface area (Å²) in [7, 11) is 0. The van der Waals surface area contributed by atoms with Gasteiger partial charge in [0, 0.05) is 44.0 Å². The third-order valence-electron chi connectivity index (χ3n) is 6.14. The number of amides is 1. The first kappa shape index (κ1) is 23.5. The van der Waals surface area contributed by atoms with Crippen LogP contribution in [0.15, 0.2) is 29.2 Å². The molecule has 0 saturated carbocycles. The summed E-state index contributed by atoms with van der Waals surface area (Å²) in [6.45, 7) is 3.85. The number of nitriles is 1. The SMILES string of the molecule is Cc1cnc(C2=CC(N3CCN(c4ccc(C(=O)NCC(F)F)nc4C#N)CC3)CC2)[nH]c1=O. The van der Waals surface area contributed by atoms with E-state index in [1.807, 2.05) is 11.0 Å². The molecule has 178 valence electrons. The zero-order valence-electron chi connectivity index (χ0n) is 18.7. The summed E-state index contributed by atoms with van der Waals surface area (Å²) in [5.41, 5.74) is 2.16. The van der Waals surface area contributed by atoms with Crippen LogP contribution in [0, 0.1) is 18.3 Å². The van der Waals surface area contributed by atoms with Crippen LogP contribution in [0.4, 0.5) is 14.5 Å². The predicted molar refractivity (Wildman–Crippen MR) is 122 cm³/mol. The highest BCUT2D eigenvalue weighted by molar-refractivity contribution is 5.92. The van der Waals surface area contributed by atoms with Gasteiger partial charge in [0.25, 0.3) is 17.9 Å². The number of pyridine rings is 1. The standard InChI is InChI=1S/C23H25F2N7O2/c1-14-12-27-21(30-22(14)33)15-2-3-16(10-15)31-6-8-32(9-7-31)19-5-4-17(29-18(19)11-26)23(34)28-13-20(24)25/h4-5,10,12,16,20H,2-3,6-9,13H2,1H3,(H,28,34)(H,27,30,33). The molecule has 2 N–H and O–H groups in total. The molecule has 2 aromatic rings. The summed E-state index contributed by atoms with van der Waals surface area (Å²) in [5, 5.41) is 11.6. The molecule has 2 aliphatic rings. The van der Waals surface area contributed by atoms with Crippen molar-refractivity contribution in [2.75, 3.05) is 37.6 Å². The molecular formula is C23H25F2N7O2. The maximum absolute atomic E-state index is 12.3. The fourth-order valence-electron chi connectivity index (χ4n) is 4.28. The second-order valence-corrected chi connectivity index (χ2v) is 8.34. The Morgan fingerprint density at radius 1 is 1.32 bits per heavy atom. The number of hydrogen-bond acceptors (Lipinski definition) is 7. The van der Waals surface area contributed by atoms with E-state index < -0.39 is 18.9 Å². The summed E-state index contributed by atoms with van der Waals surface area (Å²) in [5.74, 6) is -0.111. The number of H-pyrrole nitrogens is 1. The molecular weight excluding hydrogens is 444 g/mol. The molecule has 1 unspecified atom stereocenters. The molecule has 0 aromatic carbocycles. The first-order chi connectivity index (χ1) is 16.4. The summed E-state index contributed by atoms with van der Waals surface area (Å²) in [6, 6.07) is 5.35. The number of aryl methyl sites for hydroxylation is 1. The Bertz CT molecular complexity index is 1200.